The van der Waals surface area contributed by atoms with Gasteiger partial charge in [0.05, 0.1) is 25.2 Å². The van der Waals surface area contributed by atoms with Crippen molar-refractivity contribution in [3.63, 3.8) is 0 Å². The first-order chi connectivity index (χ1) is 30.5. The van der Waals surface area contributed by atoms with Crippen molar-refractivity contribution in [3.05, 3.63) is 12.2 Å². The van der Waals surface area contributed by atoms with E-state index in [-0.39, 0.29) is 24.9 Å². The number of carbonyl (C=O) groups excluding carboxylic acids is 2. The standard InChI is InChI=1S/C56H109NO5/c1-4-7-10-13-16-19-22-24-26-28-30-32-34-37-40-43-46-49-56(61)62-52(47-44-41-38-35-21-18-15-12-9-6-3)50-55(60)57-53(51-58)54(59)48-45-42-39-36-33-31-29-27-25-23-20-17-14-11-8-5-2/h24,26,52-54,58-59H,4-23,25,27-51H2,1-3H3,(H,57,60)/b26-24+. The Labute approximate surface area is 387 Å². The number of aliphatic hydroxyl groups excluding tert-OH is 2. The molecule has 0 aliphatic heterocycles. The lowest BCUT2D eigenvalue weighted by Gasteiger charge is -2.24. The average Bonchev–Trinajstić information content (AvgIpc) is 3.26. The Morgan fingerprint density at radius 2 is 0.774 bits per heavy atom. The van der Waals surface area contributed by atoms with Crippen molar-refractivity contribution in [2.75, 3.05) is 6.61 Å². The normalized spacial score (nSPS) is 13.2. The van der Waals surface area contributed by atoms with E-state index in [9.17, 15) is 19.8 Å². The lowest BCUT2D eigenvalue weighted by molar-refractivity contribution is -0.151. The summed E-state index contributed by atoms with van der Waals surface area (Å²) in [7, 11) is 0. The molecular weight excluding hydrogens is 767 g/mol. The van der Waals surface area contributed by atoms with Gasteiger partial charge in [0.25, 0.3) is 0 Å². The first kappa shape index (κ1) is 60.6. The molecule has 0 aromatic heterocycles. The predicted octanol–water partition coefficient (Wildman–Crippen LogP) is 16.9. The smallest absolute Gasteiger partial charge is 0.306 e. The molecule has 0 fully saturated rings. The largest absolute Gasteiger partial charge is 0.462 e. The van der Waals surface area contributed by atoms with Crippen molar-refractivity contribution in [3.8, 4) is 0 Å². The van der Waals surface area contributed by atoms with Gasteiger partial charge < -0.3 is 20.3 Å². The maximum atomic E-state index is 13.2. The van der Waals surface area contributed by atoms with Gasteiger partial charge in [-0.2, -0.15) is 0 Å². The quantitative estimate of drug-likeness (QED) is 0.0321. The van der Waals surface area contributed by atoms with Gasteiger partial charge in [-0.3, -0.25) is 9.59 Å². The van der Waals surface area contributed by atoms with E-state index in [0.717, 1.165) is 44.9 Å². The molecule has 0 saturated carbocycles. The number of carbonyl (C=O) groups is 2. The summed E-state index contributed by atoms with van der Waals surface area (Å²) in [4.78, 5) is 26.2. The summed E-state index contributed by atoms with van der Waals surface area (Å²) in [5.74, 6) is -0.460. The Kier molecular flexibility index (Phi) is 49.5. The minimum Gasteiger partial charge on any atom is -0.462 e. The summed E-state index contributed by atoms with van der Waals surface area (Å²) in [6.07, 6.45) is 57.0. The zero-order valence-corrected chi connectivity index (χ0v) is 42.0. The predicted molar refractivity (Wildman–Crippen MR) is 269 cm³/mol. The van der Waals surface area contributed by atoms with Crippen LogP contribution in [0.4, 0.5) is 0 Å². The van der Waals surface area contributed by atoms with Gasteiger partial charge in [-0.1, -0.05) is 258 Å². The fourth-order valence-electron chi connectivity index (χ4n) is 8.84. The monoisotopic (exact) mass is 876 g/mol. The topological polar surface area (TPSA) is 95.9 Å². The molecule has 1 amide bonds. The molecule has 0 saturated heterocycles. The van der Waals surface area contributed by atoms with Crippen LogP contribution in [0.2, 0.25) is 0 Å². The fourth-order valence-corrected chi connectivity index (χ4v) is 8.84. The highest BCUT2D eigenvalue weighted by molar-refractivity contribution is 5.77. The number of rotatable bonds is 51. The summed E-state index contributed by atoms with van der Waals surface area (Å²) in [6.45, 7) is 6.51. The summed E-state index contributed by atoms with van der Waals surface area (Å²) in [5, 5.41) is 23.8. The molecule has 0 aliphatic carbocycles. The van der Waals surface area contributed by atoms with Crippen molar-refractivity contribution >= 4 is 11.9 Å². The minimum atomic E-state index is -0.782. The zero-order valence-electron chi connectivity index (χ0n) is 42.0. The summed E-state index contributed by atoms with van der Waals surface area (Å²) >= 11 is 0. The van der Waals surface area contributed by atoms with Gasteiger partial charge in [0, 0.05) is 6.42 Å². The number of allylic oxidation sites excluding steroid dienone is 2. The van der Waals surface area contributed by atoms with E-state index in [2.05, 4.69) is 38.2 Å². The van der Waals surface area contributed by atoms with Crippen molar-refractivity contribution in [1.82, 2.24) is 5.32 Å². The van der Waals surface area contributed by atoms with Gasteiger partial charge in [0.15, 0.2) is 0 Å². The van der Waals surface area contributed by atoms with Crippen molar-refractivity contribution in [2.45, 2.75) is 328 Å². The zero-order chi connectivity index (χ0) is 45.2. The Morgan fingerprint density at radius 1 is 0.452 bits per heavy atom. The number of ether oxygens (including phenoxy) is 1. The second-order valence-electron chi connectivity index (χ2n) is 19.3. The highest BCUT2D eigenvalue weighted by atomic mass is 16.5. The Hall–Kier alpha value is -1.40. The summed E-state index contributed by atoms with van der Waals surface area (Å²) < 4.78 is 5.94. The molecule has 368 valence electrons. The number of esters is 1. The maximum Gasteiger partial charge on any atom is 0.306 e. The SMILES string of the molecule is CCCCCCCC/C=C/CCCCCCCCCC(=O)OC(CCCCCCCCCCCC)CC(=O)NC(CO)C(O)CCCCCCCCCCCCCCCCCC. The first-order valence-electron chi connectivity index (χ1n) is 27.9. The van der Waals surface area contributed by atoms with Crippen LogP contribution < -0.4 is 5.32 Å². The third kappa shape index (κ3) is 45.2. The van der Waals surface area contributed by atoms with Crippen LogP contribution >= 0.6 is 0 Å². The van der Waals surface area contributed by atoms with E-state index in [1.54, 1.807) is 0 Å². The maximum absolute atomic E-state index is 13.2. The highest BCUT2D eigenvalue weighted by Crippen LogP contribution is 2.19. The van der Waals surface area contributed by atoms with Crippen LogP contribution in [-0.2, 0) is 14.3 Å². The van der Waals surface area contributed by atoms with Gasteiger partial charge in [-0.05, 0) is 51.4 Å². The fraction of sp³-hybridized carbons (Fsp3) is 0.929. The Morgan fingerprint density at radius 3 is 1.15 bits per heavy atom. The Bertz CT molecular complexity index is 939. The molecule has 0 rings (SSSR count). The number of aliphatic hydroxyl groups is 2. The number of hydrogen-bond acceptors (Lipinski definition) is 5. The summed E-state index contributed by atoms with van der Waals surface area (Å²) in [5.41, 5.74) is 0. The van der Waals surface area contributed by atoms with E-state index in [0.29, 0.717) is 19.3 Å². The molecule has 3 N–H and O–H groups in total. The molecule has 0 aromatic rings. The van der Waals surface area contributed by atoms with E-state index in [1.807, 2.05) is 0 Å². The lowest BCUT2D eigenvalue weighted by atomic mass is 10.0. The highest BCUT2D eigenvalue weighted by Gasteiger charge is 2.24. The third-order valence-electron chi connectivity index (χ3n) is 13.1. The van der Waals surface area contributed by atoms with E-state index in [4.69, 9.17) is 4.74 Å². The summed E-state index contributed by atoms with van der Waals surface area (Å²) in [6, 6.07) is -0.695. The van der Waals surface area contributed by atoms with E-state index >= 15 is 0 Å². The molecule has 3 unspecified atom stereocenters. The molecule has 0 bridgehead atoms. The molecule has 62 heavy (non-hydrogen) atoms. The minimum absolute atomic E-state index is 0.0830. The molecule has 0 spiro atoms. The van der Waals surface area contributed by atoms with Gasteiger partial charge in [0.2, 0.25) is 5.91 Å². The van der Waals surface area contributed by atoms with Gasteiger partial charge >= 0.3 is 5.97 Å². The van der Waals surface area contributed by atoms with Crippen LogP contribution in [0.3, 0.4) is 0 Å². The third-order valence-corrected chi connectivity index (χ3v) is 13.1. The lowest BCUT2D eigenvalue weighted by Crippen LogP contribution is -2.46. The number of nitrogens with one attached hydrogen (secondary N) is 1. The Balaban J connectivity index is 4.41. The van der Waals surface area contributed by atoms with Gasteiger partial charge in [0.1, 0.15) is 6.10 Å². The molecule has 0 heterocycles. The number of hydrogen-bond donors (Lipinski definition) is 3. The molecule has 3 atom stereocenters. The van der Waals surface area contributed by atoms with Crippen LogP contribution in [0, 0.1) is 0 Å². The van der Waals surface area contributed by atoms with Crippen molar-refractivity contribution < 1.29 is 24.5 Å². The van der Waals surface area contributed by atoms with Crippen LogP contribution in [0.1, 0.15) is 310 Å². The van der Waals surface area contributed by atoms with E-state index < -0.39 is 18.2 Å². The first-order valence-corrected chi connectivity index (χ1v) is 27.9. The molecule has 0 aromatic carbocycles. The molecule has 6 heteroatoms. The molecule has 0 radical (unpaired) electrons. The van der Waals surface area contributed by atoms with Crippen LogP contribution in [0.25, 0.3) is 0 Å². The van der Waals surface area contributed by atoms with Crippen molar-refractivity contribution in [1.29, 1.82) is 0 Å². The van der Waals surface area contributed by atoms with Gasteiger partial charge in [-0.25, -0.2) is 0 Å². The molecule has 6 nitrogen and oxygen atoms in total. The van der Waals surface area contributed by atoms with Gasteiger partial charge in [-0.15, -0.1) is 0 Å². The van der Waals surface area contributed by atoms with Crippen LogP contribution in [-0.4, -0.2) is 46.9 Å². The van der Waals surface area contributed by atoms with Crippen LogP contribution in [0.15, 0.2) is 12.2 Å². The number of unbranched alkanes of at least 4 members (excludes halogenated alkanes) is 37. The van der Waals surface area contributed by atoms with E-state index in [1.165, 1.54) is 218 Å². The molecular formula is C56H109NO5. The number of amides is 1. The second kappa shape index (κ2) is 50.6. The van der Waals surface area contributed by atoms with Crippen LogP contribution in [0.5, 0.6) is 0 Å². The molecule has 0 aliphatic rings. The van der Waals surface area contributed by atoms with Crippen molar-refractivity contribution in [2.24, 2.45) is 0 Å². The second-order valence-corrected chi connectivity index (χ2v) is 19.3. The average molecular weight is 876 g/mol.